The molecule has 2 unspecified atom stereocenters. The molecule has 130 valence electrons. The first-order chi connectivity index (χ1) is 10.0. The van der Waals surface area contributed by atoms with E-state index in [-0.39, 0.29) is 29.7 Å². The molecule has 22 heavy (non-hydrogen) atoms. The summed E-state index contributed by atoms with van der Waals surface area (Å²) in [5, 5.41) is 6.50. The Morgan fingerprint density at radius 3 is 2.55 bits per heavy atom. The second-order valence-corrected chi connectivity index (χ2v) is 8.87. The van der Waals surface area contributed by atoms with Crippen LogP contribution >= 0.6 is 35.7 Å². The fourth-order valence-electron chi connectivity index (χ4n) is 2.25. The summed E-state index contributed by atoms with van der Waals surface area (Å²) in [5.74, 6) is 3.30. The summed E-state index contributed by atoms with van der Waals surface area (Å²) in [6, 6.07) is 0.485. The molecule has 0 radical (unpaired) electrons. The van der Waals surface area contributed by atoms with Crippen LogP contribution in [0, 0.1) is 5.92 Å². The van der Waals surface area contributed by atoms with Crippen LogP contribution in [-0.4, -0.2) is 68.2 Å². The van der Waals surface area contributed by atoms with Crippen molar-refractivity contribution in [1.82, 2.24) is 14.9 Å². The summed E-state index contributed by atoms with van der Waals surface area (Å²) in [6.45, 7) is 6.56. The molecule has 2 atom stereocenters. The molecule has 2 fully saturated rings. The highest BCUT2D eigenvalue weighted by molar-refractivity contribution is 14.0. The zero-order chi connectivity index (χ0) is 15.3. The molecule has 0 bridgehead atoms. The number of sulfonamides is 1. The molecule has 0 aromatic rings. The summed E-state index contributed by atoms with van der Waals surface area (Å²) >= 11 is 1.81. The number of aliphatic imine (C=N–C) groups is 1. The summed E-state index contributed by atoms with van der Waals surface area (Å²) in [4.78, 5) is 4.39. The van der Waals surface area contributed by atoms with Gasteiger partial charge in [-0.3, -0.25) is 4.99 Å². The highest BCUT2D eigenvalue weighted by Gasteiger charge is 2.33. The smallest absolute Gasteiger partial charge is 0.215 e. The number of thioether (sulfide) groups is 1. The molecule has 0 aromatic heterocycles. The predicted octanol–water partition coefficient (Wildman–Crippen LogP) is 0.947. The lowest BCUT2D eigenvalue weighted by molar-refractivity contribution is 0.444. The fraction of sp³-hybridized carbons (Fsp3) is 0.923. The minimum atomic E-state index is -3.16. The van der Waals surface area contributed by atoms with Crippen molar-refractivity contribution in [3.63, 3.8) is 0 Å². The molecular formula is C13H27IN4O2S2. The summed E-state index contributed by atoms with van der Waals surface area (Å²) in [5.41, 5.74) is 0. The number of nitrogens with zero attached hydrogens (tertiary/aromatic N) is 2. The molecular weight excluding hydrogens is 435 g/mol. The first-order valence-electron chi connectivity index (χ1n) is 7.63. The Balaban J connectivity index is 0.00000242. The Morgan fingerprint density at radius 2 is 2.00 bits per heavy atom. The van der Waals surface area contributed by atoms with E-state index in [0.29, 0.717) is 31.6 Å². The quantitative estimate of drug-likeness (QED) is 0.349. The molecule has 1 saturated heterocycles. The highest BCUT2D eigenvalue weighted by atomic mass is 127. The largest absolute Gasteiger partial charge is 0.357 e. The van der Waals surface area contributed by atoms with Crippen LogP contribution < -0.4 is 10.6 Å². The number of nitrogens with one attached hydrogen (secondary N) is 2. The van der Waals surface area contributed by atoms with Gasteiger partial charge in [0.1, 0.15) is 0 Å². The van der Waals surface area contributed by atoms with Gasteiger partial charge in [0.05, 0.1) is 12.3 Å². The zero-order valence-corrected chi connectivity index (χ0v) is 17.2. The molecule has 0 amide bonds. The van der Waals surface area contributed by atoms with E-state index in [2.05, 4.69) is 22.5 Å². The number of rotatable bonds is 6. The van der Waals surface area contributed by atoms with Crippen LogP contribution in [0.5, 0.6) is 0 Å². The predicted molar refractivity (Wildman–Crippen MR) is 105 cm³/mol. The standard InChI is InChI=1S/C13H26N4O2S2.HI/c1-3-14-13(16-12-10-11(12)2)15-4-9-21(18,19)17-5-7-20-8-6-17;/h11-12H,3-10H2,1-2H3,(H2,14,15,16);1H. The van der Waals surface area contributed by atoms with E-state index in [0.717, 1.165) is 30.4 Å². The maximum absolute atomic E-state index is 12.2. The van der Waals surface area contributed by atoms with Crippen molar-refractivity contribution >= 4 is 51.7 Å². The van der Waals surface area contributed by atoms with E-state index in [1.165, 1.54) is 0 Å². The molecule has 2 N–H and O–H groups in total. The van der Waals surface area contributed by atoms with Crippen LogP contribution in [0.15, 0.2) is 4.99 Å². The van der Waals surface area contributed by atoms with Crippen LogP contribution in [0.2, 0.25) is 0 Å². The molecule has 1 saturated carbocycles. The summed E-state index contributed by atoms with van der Waals surface area (Å²) < 4.78 is 26.0. The third kappa shape index (κ3) is 6.40. The Morgan fingerprint density at radius 1 is 1.36 bits per heavy atom. The van der Waals surface area contributed by atoms with Gasteiger partial charge in [0, 0.05) is 37.2 Å². The van der Waals surface area contributed by atoms with Crippen LogP contribution in [-0.2, 0) is 10.0 Å². The lowest BCUT2D eigenvalue weighted by Crippen LogP contribution is -2.41. The normalized spacial score (nSPS) is 26.2. The van der Waals surface area contributed by atoms with Gasteiger partial charge in [-0.15, -0.1) is 24.0 Å². The lowest BCUT2D eigenvalue weighted by atomic mass is 10.5. The van der Waals surface area contributed by atoms with E-state index in [1.54, 1.807) is 4.31 Å². The second-order valence-electron chi connectivity index (χ2n) is 5.55. The van der Waals surface area contributed by atoms with Gasteiger partial charge in [-0.2, -0.15) is 11.8 Å². The summed E-state index contributed by atoms with van der Waals surface area (Å²) in [7, 11) is -3.16. The van der Waals surface area contributed by atoms with E-state index >= 15 is 0 Å². The van der Waals surface area contributed by atoms with E-state index in [9.17, 15) is 8.42 Å². The molecule has 2 aliphatic rings. The van der Waals surface area contributed by atoms with Gasteiger partial charge in [0.15, 0.2) is 5.96 Å². The van der Waals surface area contributed by atoms with Crippen LogP contribution in [0.4, 0.5) is 0 Å². The minimum Gasteiger partial charge on any atom is -0.357 e. The van der Waals surface area contributed by atoms with Gasteiger partial charge >= 0.3 is 0 Å². The molecule has 6 nitrogen and oxygen atoms in total. The van der Waals surface area contributed by atoms with Gasteiger partial charge in [-0.1, -0.05) is 6.92 Å². The maximum atomic E-state index is 12.2. The number of guanidine groups is 1. The molecule has 1 heterocycles. The second kappa shape index (κ2) is 9.53. The SMILES string of the molecule is CCNC(=NCCS(=O)(=O)N1CCSCC1)NC1CC1C.I. The molecule has 9 heteroatoms. The number of halogens is 1. The Labute approximate surface area is 155 Å². The van der Waals surface area contributed by atoms with E-state index in [1.807, 2.05) is 18.7 Å². The first-order valence-corrected chi connectivity index (χ1v) is 10.4. The van der Waals surface area contributed by atoms with Gasteiger partial charge in [-0.05, 0) is 19.3 Å². The van der Waals surface area contributed by atoms with Crippen molar-refractivity contribution in [3.8, 4) is 0 Å². The van der Waals surface area contributed by atoms with Crippen LogP contribution in [0.1, 0.15) is 20.3 Å². The van der Waals surface area contributed by atoms with Crippen molar-refractivity contribution in [1.29, 1.82) is 0 Å². The monoisotopic (exact) mass is 462 g/mol. The van der Waals surface area contributed by atoms with Crippen molar-refractivity contribution in [3.05, 3.63) is 0 Å². The average Bonchev–Trinajstić information content (AvgIpc) is 3.15. The van der Waals surface area contributed by atoms with Gasteiger partial charge < -0.3 is 10.6 Å². The molecule has 0 aromatic carbocycles. The van der Waals surface area contributed by atoms with Crippen molar-refractivity contribution < 1.29 is 8.42 Å². The molecule has 0 spiro atoms. The third-order valence-electron chi connectivity index (χ3n) is 3.76. The number of hydrogen-bond donors (Lipinski definition) is 2. The van der Waals surface area contributed by atoms with E-state index < -0.39 is 10.0 Å². The molecule has 1 aliphatic carbocycles. The third-order valence-corrected chi connectivity index (χ3v) is 6.55. The van der Waals surface area contributed by atoms with Crippen molar-refractivity contribution in [2.45, 2.75) is 26.3 Å². The van der Waals surface area contributed by atoms with Crippen LogP contribution in [0.25, 0.3) is 0 Å². The number of hydrogen-bond acceptors (Lipinski definition) is 4. The lowest BCUT2D eigenvalue weighted by Gasteiger charge is -2.25. The average molecular weight is 462 g/mol. The zero-order valence-electron chi connectivity index (χ0n) is 13.2. The fourth-order valence-corrected chi connectivity index (χ4v) is 4.70. The van der Waals surface area contributed by atoms with Gasteiger partial charge in [-0.25, -0.2) is 12.7 Å². The first kappa shape index (κ1) is 20.3. The topological polar surface area (TPSA) is 73.8 Å². The highest BCUT2D eigenvalue weighted by Crippen LogP contribution is 2.28. The maximum Gasteiger partial charge on any atom is 0.215 e. The Bertz CT molecular complexity index is 467. The van der Waals surface area contributed by atoms with E-state index in [4.69, 9.17) is 0 Å². The van der Waals surface area contributed by atoms with Gasteiger partial charge in [0.25, 0.3) is 0 Å². The molecule has 1 aliphatic heterocycles. The summed E-state index contributed by atoms with van der Waals surface area (Å²) in [6.07, 6.45) is 1.16. The van der Waals surface area contributed by atoms with Crippen molar-refractivity contribution in [2.24, 2.45) is 10.9 Å². The Hall–Kier alpha value is 0.260. The van der Waals surface area contributed by atoms with Gasteiger partial charge in [0.2, 0.25) is 10.0 Å². The minimum absolute atomic E-state index is 0. The molecule has 2 rings (SSSR count). The van der Waals surface area contributed by atoms with Crippen LogP contribution in [0.3, 0.4) is 0 Å². The Kier molecular flexibility index (Phi) is 8.80. The van der Waals surface area contributed by atoms with Crippen molar-refractivity contribution in [2.75, 3.05) is 43.4 Å².